The van der Waals surface area contributed by atoms with E-state index in [2.05, 4.69) is 12.2 Å². The number of aryl methyl sites for hydroxylation is 1. The first-order valence-electron chi connectivity index (χ1n) is 7.46. The zero-order valence-electron chi connectivity index (χ0n) is 12.1. The molecule has 1 fully saturated rings. The molecule has 0 aliphatic heterocycles. The highest BCUT2D eigenvalue weighted by Crippen LogP contribution is 2.25. The smallest absolute Gasteiger partial charge is 0.119 e. The standard InChI is InChI=1S/C16H25NO3/c1-2-12-3-5-16(6-4-12)20-11-15(19)10-17-9-13-7-14(18)8-13/h3-6,13-15,17-19H,2,7-11H2,1H3. The molecule has 0 aromatic heterocycles. The third-order valence-corrected chi connectivity index (χ3v) is 3.80. The van der Waals surface area contributed by atoms with Crippen molar-refractivity contribution in [3.05, 3.63) is 29.8 Å². The second-order valence-electron chi connectivity index (χ2n) is 5.61. The Morgan fingerprint density at radius 2 is 2.00 bits per heavy atom. The zero-order chi connectivity index (χ0) is 14.4. The SMILES string of the molecule is CCc1ccc(OCC(O)CNCC2CC(O)C2)cc1. The summed E-state index contributed by atoms with van der Waals surface area (Å²) in [5.74, 6) is 1.35. The van der Waals surface area contributed by atoms with Crippen molar-refractivity contribution in [3.8, 4) is 5.75 Å². The van der Waals surface area contributed by atoms with Crippen LogP contribution in [0.25, 0.3) is 0 Å². The molecule has 1 atom stereocenters. The van der Waals surface area contributed by atoms with E-state index in [0.717, 1.165) is 31.6 Å². The van der Waals surface area contributed by atoms with Crippen molar-refractivity contribution in [1.82, 2.24) is 5.32 Å². The Labute approximate surface area is 120 Å². The summed E-state index contributed by atoms with van der Waals surface area (Å²) in [6.45, 7) is 3.80. The molecular weight excluding hydrogens is 254 g/mol. The van der Waals surface area contributed by atoms with Gasteiger partial charge in [-0.05, 0) is 49.4 Å². The number of benzene rings is 1. The average molecular weight is 279 g/mol. The maximum atomic E-state index is 9.83. The fourth-order valence-electron chi connectivity index (χ4n) is 2.39. The van der Waals surface area contributed by atoms with Crippen LogP contribution in [0.3, 0.4) is 0 Å². The quantitative estimate of drug-likeness (QED) is 0.672. The van der Waals surface area contributed by atoms with Crippen molar-refractivity contribution in [2.24, 2.45) is 5.92 Å². The maximum absolute atomic E-state index is 9.83. The molecule has 3 N–H and O–H groups in total. The number of hydrogen-bond donors (Lipinski definition) is 3. The highest BCUT2D eigenvalue weighted by Gasteiger charge is 2.26. The van der Waals surface area contributed by atoms with Crippen molar-refractivity contribution in [2.75, 3.05) is 19.7 Å². The van der Waals surface area contributed by atoms with Crippen LogP contribution in [0.2, 0.25) is 0 Å². The normalized spacial score (nSPS) is 23.1. The van der Waals surface area contributed by atoms with Crippen molar-refractivity contribution >= 4 is 0 Å². The fraction of sp³-hybridized carbons (Fsp3) is 0.625. The van der Waals surface area contributed by atoms with Gasteiger partial charge in [0.1, 0.15) is 18.5 Å². The zero-order valence-corrected chi connectivity index (χ0v) is 12.1. The summed E-state index contributed by atoms with van der Waals surface area (Å²) in [5, 5.41) is 22.2. The van der Waals surface area contributed by atoms with Gasteiger partial charge in [0.15, 0.2) is 0 Å². The van der Waals surface area contributed by atoms with E-state index in [4.69, 9.17) is 4.74 Å². The molecule has 4 nitrogen and oxygen atoms in total. The molecule has 0 saturated heterocycles. The van der Waals surface area contributed by atoms with Gasteiger partial charge in [-0.25, -0.2) is 0 Å². The van der Waals surface area contributed by atoms with E-state index in [9.17, 15) is 10.2 Å². The first-order chi connectivity index (χ1) is 9.67. The molecule has 112 valence electrons. The number of aliphatic hydroxyl groups is 2. The number of ether oxygens (including phenoxy) is 1. The summed E-state index contributed by atoms with van der Waals surface area (Å²) in [7, 11) is 0. The first-order valence-corrected chi connectivity index (χ1v) is 7.46. The molecule has 0 amide bonds. The lowest BCUT2D eigenvalue weighted by molar-refractivity contribution is 0.0400. The molecule has 1 aliphatic carbocycles. The number of hydrogen-bond acceptors (Lipinski definition) is 4. The summed E-state index contributed by atoms with van der Waals surface area (Å²) in [6, 6.07) is 7.97. The fourth-order valence-corrected chi connectivity index (χ4v) is 2.39. The first kappa shape index (κ1) is 15.3. The van der Waals surface area contributed by atoms with Crippen LogP contribution in [0.1, 0.15) is 25.3 Å². The summed E-state index contributed by atoms with van der Waals surface area (Å²) in [6.07, 6.45) is 2.15. The molecule has 0 radical (unpaired) electrons. The molecule has 1 aliphatic rings. The van der Waals surface area contributed by atoms with Gasteiger partial charge in [-0.1, -0.05) is 19.1 Å². The van der Waals surface area contributed by atoms with E-state index in [1.807, 2.05) is 24.3 Å². The number of rotatable bonds is 8. The third kappa shape index (κ3) is 4.78. The Hall–Kier alpha value is -1.10. The molecular formula is C16H25NO3. The van der Waals surface area contributed by atoms with E-state index in [0.29, 0.717) is 19.1 Å². The monoisotopic (exact) mass is 279 g/mol. The molecule has 4 heteroatoms. The Kier molecular flexibility index (Phi) is 5.83. The predicted molar refractivity (Wildman–Crippen MR) is 78.9 cm³/mol. The van der Waals surface area contributed by atoms with Crippen LogP contribution in [0.15, 0.2) is 24.3 Å². The van der Waals surface area contributed by atoms with Crippen LogP contribution >= 0.6 is 0 Å². The van der Waals surface area contributed by atoms with Crippen LogP contribution in [0.4, 0.5) is 0 Å². The van der Waals surface area contributed by atoms with Gasteiger partial charge in [0.25, 0.3) is 0 Å². The Balaban J connectivity index is 1.58. The van der Waals surface area contributed by atoms with Gasteiger partial charge in [0.2, 0.25) is 0 Å². The van der Waals surface area contributed by atoms with Gasteiger partial charge in [-0.2, -0.15) is 0 Å². The lowest BCUT2D eigenvalue weighted by atomic mass is 9.82. The van der Waals surface area contributed by atoms with Gasteiger partial charge in [-0.3, -0.25) is 0 Å². The van der Waals surface area contributed by atoms with E-state index in [-0.39, 0.29) is 6.10 Å². The van der Waals surface area contributed by atoms with Crippen molar-refractivity contribution < 1.29 is 14.9 Å². The second-order valence-corrected chi connectivity index (χ2v) is 5.61. The van der Waals surface area contributed by atoms with Crippen LogP contribution in [0, 0.1) is 5.92 Å². The Morgan fingerprint density at radius 1 is 1.30 bits per heavy atom. The minimum atomic E-state index is -0.508. The van der Waals surface area contributed by atoms with Crippen LogP contribution in [0.5, 0.6) is 5.75 Å². The van der Waals surface area contributed by atoms with Crippen LogP contribution in [-0.2, 0) is 6.42 Å². The number of aliphatic hydroxyl groups excluding tert-OH is 2. The van der Waals surface area contributed by atoms with Gasteiger partial charge >= 0.3 is 0 Å². The van der Waals surface area contributed by atoms with E-state index < -0.39 is 6.10 Å². The molecule has 1 unspecified atom stereocenters. The molecule has 1 aromatic carbocycles. The summed E-state index contributed by atoms with van der Waals surface area (Å²) >= 11 is 0. The van der Waals surface area contributed by atoms with Gasteiger partial charge < -0.3 is 20.3 Å². The molecule has 1 saturated carbocycles. The molecule has 2 rings (SSSR count). The highest BCUT2D eigenvalue weighted by atomic mass is 16.5. The topological polar surface area (TPSA) is 61.7 Å². The van der Waals surface area contributed by atoms with Gasteiger partial charge in [-0.15, -0.1) is 0 Å². The van der Waals surface area contributed by atoms with Crippen LogP contribution in [-0.4, -0.2) is 42.1 Å². The number of nitrogens with one attached hydrogen (secondary N) is 1. The molecule has 1 aromatic rings. The lowest BCUT2D eigenvalue weighted by Gasteiger charge is -2.31. The van der Waals surface area contributed by atoms with Crippen molar-refractivity contribution in [1.29, 1.82) is 0 Å². The second kappa shape index (κ2) is 7.62. The van der Waals surface area contributed by atoms with Gasteiger partial charge in [0, 0.05) is 6.54 Å². The molecule has 20 heavy (non-hydrogen) atoms. The summed E-state index contributed by atoms with van der Waals surface area (Å²) < 4.78 is 5.55. The summed E-state index contributed by atoms with van der Waals surface area (Å²) in [4.78, 5) is 0. The van der Waals surface area contributed by atoms with Crippen LogP contribution < -0.4 is 10.1 Å². The van der Waals surface area contributed by atoms with E-state index in [1.54, 1.807) is 0 Å². The highest BCUT2D eigenvalue weighted by molar-refractivity contribution is 5.27. The summed E-state index contributed by atoms with van der Waals surface area (Å²) in [5.41, 5.74) is 1.28. The average Bonchev–Trinajstić information content (AvgIpc) is 2.43. The minimum Gasteiger partial charge on any atom is -0.491 e. The van der Waals surface area contributed by atoms with E-state index >= 15 is 0 Å². The third-order valence-electron chi connectivity index (χ3n) is 3.80. The van der Waals surface area contributed by atoms with Crippen molar-refractivity contribution in [2.45, 2.75) is 38.4 Å². The molecule has 0 heterocycles. The Bertz CT molecular complexity index is 387. The lowest BCUT2D eigenvalue weighted by Crippen LogP contribution is -2.39. The largest absolute Gasteiger partial charge is 0.491 e. The minimum absolute atomic E-state index is 0.110. The maximum Gasteiger partial charge on any atom is 0.119 e. The van der Waals surface area contributed by atoms with Crippen molar-refractivity contribution in [3.63, 3.8) is 0 Å². The molecule has 0 bridgehead atoms. The molecule has 0 spiro atoms. The van der Waals surface area contributed by atoms with Gasteiger partial charge in [0.05, 0.1) is 6.10 Å². The predicted octanol–water partition coefficient (Wildman–Crippen LogP) is 1.35. The van der Waals surface area contributed by atoms with E-state index in [1.165, 1.54) is 5.56 Å². The Morgan fingerprint density at radius 3 is 2.60 bits per heavy atom.